The number of hydrogen-bond donors (Lipinski definition) is 2. The van der Waals surface area contributed by atoms with Crippen molar-refractivity contribution in [3.05, 3.63) is 23.2 Å². The monoisotopic (exact) mass is 207 g/mol. The van der Waals surface area contributed by atoms with Crippen LogP contribution in [0.1, 0.15) is 21.9 Å². The standard InChI is InChI=1S/C10H9NO4/c1-4-3-6-7(5(2)11-4)8(12)9(15-6)10(13)14/h3,12H,1-2H3,(H,13,14). The molecule has 2 heterocycles. The van der Waals surface area contributed by atoms with E-state index < -0.39 is 11.7 Å². The zero-order valence-electron chi connectivity index (χ0n) is 8.24. The van der Waals surface area contributed by atoms with Gasteiger partial charge in [-0.25, -0.2) is 4.79 Å². The Labute approximate surface area is 85.0 Å². The first-order valence-corrected chi connectivity index (χ1v) is 4.33. The maximum atomic E-state index is 10.7. The predicted octanol–water partition coefficient (Wildman–Crippen LogP) is 1.85. The fourth-order valence-electron chi connectivity index (χ4n) is 1.58. The van der Waals surface area contributed by atoms with Crippen molar-refractivity contribution in [2.75, 3.05) is 0 Å². The minimum atomic E-state index is -1.29. The number of aromatic nitrogens is 1. The van der Waals surface area contributed by atoms with Crippen LogP contribution >= 0.6 is 0 Å². The normalized spacial score (nSPS) is 10.8. The molecule has 78 valence electrons. The molecule has 2 aromatic rings. The number of aromatic carboxylic acids is 1. The van der Waals surface area contributed by atoms with Gasteiger partial charge in [-0.2, -0.15) is 0 Å². The van der Waals surface area contributed by atoms with Crippen LogP contribution in [0.2, 0.25) is 0 Å². The van der Waals surface area contributed by atoms with Crippen LogP contribution in [-0.2, 0) is 0 Å². The number of rotatable bonds is 1. The number of fused-ring (bicyclic) bond motifs is 1. The molecular formula is C10H9NO4. The molecule has 0 aliphatic rings. The quantitative estimate of drug-likeness (QED) is 0.745. The summed E-state index contributed by atoms with van der Waals surface area (Å²) in [5.74, 6) is -2.09. The molecule has 5 nitrogen and oxygen atoms in total. The van der Waals surface area contributed by atoms with E-state index >= 15 is 0 Å². The Morgan fingerprint density at radius 3 is 2.73 bits per heavy atom. The second kappa shape index (κ2) is 2.98. The van der Waals surface area contributed by atoms with Gasteiger partial charge >= 0.3 is 5.97 Å². The van der Waals surface area contributed by atoms with E-state index in [1.165, 1.54) is 0 Å². The maximum Gasteiger partial charge on any atom is 0.375 e. The van der Waals surface area contributed by atoms with Gasteiger partial charge in [-0.15, -0.1) is 0 Å². The fraction of sp³-hybridized carbons (Fsp3) is 0.200. The number of pyridine rings is 1. The summed E-state index contributed by atoms with van der Waals surface area (Å²) < 4.78 is 5.03. The molecule has 0 atom stereocenters. The highest BCUT2D eigenvalue weighted by Crippen LogP contribution is 2.33. The Morgan fingerprint density at radius 1 is 1.47 bits per heavy atom. The maximum absolute atomic E-state index is 10.7. The van der Waals surface area contributed by atoms with Crippen LogP contribution in [0, 0.1) is 13.8 Å². The second-order valence-electron chi connectivity index (χ2n) is 3.31. The highest BCUT2D eigenvalue weighted by Gasteiger charge is 2.21. The number of aryl methyl sites for hydroxylation is 2. The van der Waals surface area contributed by atoms with Gasteiger partial charge in [0.25, 0.3) is 5.76 Å². The number of carboxylic acid groups (broad SMARTS) is 1. The van der Waals surface area contributed by atoms with Gasteiger partial charge in [0.2, 0.25) is 0 Å². The van der Waals surface area contributed by atoms with Gasteiger partial charge in [-0.1, -0.05) is 0 Å². The zero-order valence-corrected chi connectivity index (χ0v) is 8.24. The van der Waals surface area contributed by atoms with E-state index in [0.717, 1.165) is 0 Å². The number of carboxylic acids is 1. The molecule has 0 aromatic carbocycles. The molecular weight excluding hydrogens is 198 g/mol. The summed E-state index contributed by atoms with van der Waals surface area (Å²) in [6.07, 6.45) is 0. The van der Waals surface area contributed by atoms with Gasteiger partial charge in [0, 0.05) is 11.8 Å². The highest BCUT2D eigenvalue weighted by molar-refractivity contribution is 5.98. The molecule has 0 aliphatic carbocycles. The largest absolute Gasteiger partial charge is 0.503 e. The van der Waals surface area contributed by atoms with Gasteiger partial charge in [0.15, 0.2) is 5.75 Å². The molecule has 0 amide bonds. The van der Waals surface area contributed by atoms with E-state index in [2.05, 4.69) is 4.98 Å². The van der Waals surface area contributed by atoms with E-state index in [4.69, 9.17) is 9.52 Å². The van der Waals surface area contributed by atoms with E-state index in [1.54, 1.807) is 19.9 Å². The molecule has 0 fully saturated rings. The topological polar surface area (TPSA) is 83.6 Å². The number of hydrogen-bond acceptors (Lipinski definition) is 4. The first-order valence-electron chi connectivity index (χ1n) is 4.33. The zero-order chi connectivity index (χ0) is 11.2. The van der Waals surface area contributed by atoms with Crippen LogP contribution in [0.25, 0.3) is 11.0 Å². The summed E-state index contributed by atoms with van der Waals surface area (Å²) in [5.41, 5.74) is 1.61. The summed E-state index contributed by atoms with van der Waals surface area (Å²) in [6.45, 7) is 3.46. The second-order valence-corrected chi connectivity index (χ2v) is 3.31. The lowest BCUT2D eigenvalue weighted by Crippen LogP contribution is -1.92. The summed E-state index contributed by atoms with van der Waals surface area (Å²) >= 11 is 0. The molecule has 2 aromatic heterocycles. The number of furan rings is 1. The molecule has 0 aliphatic heterocycles. The van der Waals surface area contributed by atoms with Gasteiger partial charge in [-0.05, 0) is 13.8 Å². The Balaban J connectivity index is 2.88. The van der Waals surface area contributed by atoms with Crippen molar-refractivity contribution in [1.29, 1.82) is 0 Å². The Morgan fingerprint density at radius 2 is 2.13 bits per heavy atom. The molecule has 15 heavy (non-hydrogen) atoms. The Bertz CT molecular complexity index is 556. The summed E-state index contributed by atoms with van der Waals surface area (Å²) in [7, 11) is 0. The Kier molecular flexibility index (Phi) is 1.89. The third-order valence-corrected chi connectivity index (χ3v) is 2.15. The van der Waals surface area contributed by atoms with Crippen molar-refractivity contribution >= 4 is 16.9 Å². The van der Waals surface area contributed by atoms with Crippen LogP contribution in [0.15, 0.2) is 10.5 Å². The minimum Gasteiger partial charge on any atom is -0.503 e. The van der Waals surface area contributed by atoms with E-state index in [1.807, 2.05) is 0 Å². The third-order valence-electron chi connectivity index (χ3n) is 2.15. The SMILES string of the molecule is Cc1cc2oc(C(=O)O)c(O)c2c(C)n1. The number of nitrogens with zero attached hydrogens (tertiary/aromatic N) is 1. The summed E-state index contributed by atoms with van der Waals surface area (Å²) in [5, 5.41) is 18.7. The van der Waals surface area contributed by atoms with Crippen LogP contribution in [0.3, 0.4) is 0 Å². The van der Waals surface area contributed by atoms with Crippen molar-refractivity contribution in [2.24, 2.45) is 0 Å². The average Bonchev–Trinajstić information content (AvgIpc) is 2.42. The average molecular weight is 207 g/mol. The first-order chi connectivity index (χ1) is 7.00. The van der Waals surface area contributed by atoms with Gasteiger partial charge in [0.1, 0.15) is 5.58 Å². The van der Waals surface area contributed by atoms with Crippen molar-refractivity contribution < 1.29 is 19.4 Å². The van der Waals surface area contributed by atoms with Crippen LogP contribution in [0.5, 0.6) is 5.75 Å². The number of carbonyl (C=O) groups is 1. The third kappa shape index (κ3) is 1.32. The van der Waals surface area contributed by atoms with Gasteiger partial charge in [-0.3, -0.25) is 4.98 Å². The summed E-state index contributed by atoms with van der Waals surface area (Å²) in [4.78, 5) is 14.8. The highest BCUT2D eigenvalue weighted by atomic mass is 16.4. The van der Waals surface area contributed by atoms with Gasteiger partial charge in [0.05, 0.1) is 11.1 Å². The Hall–Kier alpha value is -2.04. The molecule has 0 radical (unpaired) electrons. The first kappa shape index (κ1) is 9.51. The lowest BCUT2D eigenvalue weighted by molar-refractivity contribution is 0.0660. The lowest BCUT2D eigenvalue weighted by Gasteiger charge is -1.96. The molecule has 0 bridgehead atoms. The van der Waals surface area contributed by atoms with Crippen molar-refractivity contribution in [2.45, 2.75) is 13.8 Å². The van der Waals surface area contributed by atoms with E-state index in [-0.39, 0.29) is 5.75 Å². The summed E-state index contributed by atoms with van der Waals surface area (Å²) in [6, 6.07) is 1.59. The molecule has 2 N–H and O–H groups in total. The molecule has 0 saturated carbocycles. The molecule has 0 spiro atoms. The van der Waals surface area contributed by atoms with Crippen molar-refractivity contribution in [3.63, 3.8) is 0 Å². The molecule has 0 saturated heterocycles. The van der Waals surface area contributed by atoms with Crippen LogP contribution < -0.4 is 0 Å². The lowest BCUT2D eigenvalue weighted by atomic mass is 10.2. The van der Waals surface area contributed by atoms with Crippen LogP contribution in [-0.4, -0.2) is 21.2 Å². The molecule has 0 unspecified atom stereocenters. The predicted molar refractivity (Wildman–Crippen MR) is 52.1 cm³/mol. The minimum absolute atomic E-state index is 0.343. The van der Waals surface area contributed by atoms with Crippen LogP contribution in [0.4, 0.5) is 0 Å². The number of aromatic hydroxyl groups is 1. The fourth-order valence-corrected chi connectivity index (χ4v) is 1.58. The van der Waals surface area contributed by atoms with Gasteiger partial charge < -0.3 is 14.6 Å². The van der Waals surface area contributed by atoms with E-state index in [9.17, 15) is 9.90 Å². The van der Waals surface area contributed by atoms with Crippen molar-refractivity contribution in [1.82, 2.24) is 4.98 Å². The van der Waals surface area contributed by atoms with Crippen molar-refractivity contribution in [3.8, 4) is 5.75 Å². The van der Waals surface area contributed by atoms with E-state index in [0.29, 0.717) is 22.4 Å². The molecule has 5 heteroatoms. The smallest absolute Gasteiger partial charge is 0.375 e. The molecule has 2 rings (SSSR count).